The standard InChI is InChI=1S/C20H14N2S.BrH/c1-2-5-15(6-3-1)16-8-10-17(11-9-16)19-14-23-20(22-19)18-7-4-12-21-13-18;/h1-14H;1H. The van der Waals surface area contributed by atoms with Crippen molar-refractivity contribution in [3.05, 3.63) is 84.5 Å². The summed E-state index contributed by atoms with van der Waals surface area (Å²) >= 11 is 1.65. The molecule has 4 rings (SSSR count). The highest BCUT2D eigenvalue weighted by Crippen LogP contribution is 2.29. The summed E-state index contributed by atoms with van der Waals surface area (Å²) in [7, 11) is 0. The maximum absolute atomic E-state index is 4.73. The third kappa shape index (κ3) is 3.45. The van der Waals surface area contributed by atoms with Crippen molar-refractivity contribution in [2.24, 2.45) is 0 Å². The summed E-state index contributed by atoms with van der Waals surface area (Å²) in [4.78, 5) is 8.89. The van der Waals surface area contributed by atoms with Crippen LogP contribution in [0.5, 0.6) is 0 Å². The van der Waals surface area contributed by atoms with E-state index in [-0.39, 0.29) is 17.0 Å². The van der Waals surface area contributed by atoms with Gasteiger partial charge in [-0.15, -0.1) is 28.3 Å². The molecule has 2 aromatic carbocycles. The van der Waals surface area contributed by atoms with Crippen LogP contribution in [0.1, 0.15) is 0 Å². The van der Waals surface area contributed by atoms with Gasteiger partial charge in [-0.25, -0.2) is 4.98 Å². The van der Waals surface area contributed by atoms with E-state index >= 15 is 0 Å². The molecule has 2 nitrogen and oxygen atoms in total. The van der Waals surface area contributed by atoms with Crippen molar-refractivity contribution in [1.29, 1.82) is 0 Å². The SMILES string of the molecule is Br.c1ccc(-c2ccc(-c3csc(-c4cccnc4)n3)cc2)cc1. The smallest absolute Gasteiger partial charge is 0.125 e. The average molecular weight is 395 g/mol. The van der Waals surface area contributed by atoms with Gasteiger partial charge in [0, 0.05) is 28.9 Å². The third-order valence-corrected chi connectivity index (χ3v) is 4.59. The van der Waals surface area contributed by atoms with Gasteiger partial charge >= 0.3 is 0 Å². The molecule has 0 aliphatic rings. The van der Waals surface area contributed by atoms with Gasteiger partial charge in [-0.2, -0.15) is 0 Å². The summed E-state index contributed by atoms with van der Waals surface area (Å²) in [6, 6.07) is 22.9. The molecule has 4 heteroatoms. The van der Waals surface area contributed by atoms with Crippen LogP contribution in [0, 0.1) is 0 Å². The second kappa shape index (κ2) is 7.51. The van der Waals surface area contributed by atoms with E-state index in [1.54, 1.807) is 17.5 Å². The first-order chi connectivity index (χ1) is 11.4. The molecule has 0 saturated carbocycles. The number of hydrogen-bond donors (Lipinski definition) is 0. The highest BCUT2D eigenvalue weighted by Gasteiger charge is 2.07. The number of halogens is 1. The monoisotopic (exact) mass is 394 g/mol. The Labute approximate surface area is 155 Å². The summed E-state index contributed by atoms with van der Waals surface area (Å²) in [5, 5.41) is 3.10. The van der Waals surface area contributed by atoms with Crippen LogP contribution >= 0.6 is 28.3 Å². The summed E-state index contributed by atoms with van der Waals surface area (Å²) in [5.41, 5.74) is 5.65. The van der Waals surface area contributed by atoms with Gasteiger partial charge in [0.25, 0.3) is 0 Å². The molecular weight excluding hydrogens is 380 g/mol. The molecule has 0 spiro atoms. The second-order valence-corrected chi connectivity index (χ2v) is 6.08. The van der Waals surface area contributed by atoms with E-state index in [1.165, 1.54) is 11.1 Å². The lowest BCUT2D eigenvalue weighted by Gasteiger charge is -2.02. The summed E-state index contributed by atoms with van der Waals surface area (Å²) < 4.78 is 0. The van der Waals surface area contributed by atoms with E-state index in [0.717, 1.165) is 21.8 Å². The molecule has 0 aliphatic carbocycles. The van der Waals surface area contributed by atoms with E-state index in [4.69, 9.17) is 4.98 Å². The fourth-order valence-corrected chi connectivity index (χ4v) is 3.31. The van der Waals surface area contributed by atoms with E-state index in [0.29, 0.717) is 0 Å². The van der Waals surface area contributed by atoms with Gasteiger partial charge in [-0.1, -0.05) is 54.6 Å². The highest BCUT2D eigenvalue weighted by atomic mass is 79.9. The second-order valence-electron chi connectivity index (χ2n) is 5.22. The number of pyridine rings is 1. The minimum Gasteiger partial charge on any atom is -0.264 e. The molecule has 0 aliphatic heterocycles. The lowest BCUT2D eigenvalue weighted by atomic mass is 10.0. The molecule has 0 bridgehead atoms. The van der Waals surface area contributed by atoms with Crippen molar-refractivity contribution >= 4 is 28.3 Å². The summed E-state index contributed by atoms with van der Waals surface area (Å²) in [5.74, 6) is 0. The van der Waals surface area contributed by atoms with Gasteiger partial charge in [-0.05, 0) is 23.3 Å². The minimum atomic E-state index is 0. The van der Waals surface area contributed by atoms with Crippen LogP contribution in [0.15, 0.2) is 84.5 Å². The fraction of sp³-hybridized carbons (Fsp3) is 0. The van der Waals surface area contributed by atoms with Gasteiger partial charge < -0.3 is 0 Å². The minimum absolute atomic E-state index is 0. The predicted molar refractivity (Wildman–Crippen MR) is 107 cm³/mol. The molecule has 0 saturated heterocycles. The summed E-state index contributed by atoms with van der Waals surface area (Å²) in [6.07, 6.45) is 3.63. The molecule has 0 atom stereocenters. The molecule has 2 heterocycles. The molecule has 0 N–H and O–H groups in total. The molecule has 0 fully saturated rings. The van der Waals surface area contributed by atoms with Crippen molar-refractivity contribution in [2.45, 2.75) is 0 Å². The van der Waals surface area contributed by atoms with E-state index < -0.39 is 0 Å². The van der Waals surface area contributed by atoms with Crippen LogP contribution in [0.25, 0.3) is 33.0 Å². The van der Waals surface area contributed by atoms with Gasteiger partial charge in [-0.3, -0.25) is 4.98 Å². The zero-order chi connectivity index (χ0) is 15.5. The number of nitrogens with zero attached hydrogens (tertiary/aromatic N) is 2. The Bertz CT molecular complexity index is 903. The number of benzene rings is 2. The highest BCUT2D eigenvalue weighted by molar-refractivity contribution is 8.93. The Morgan fingerprint density at radius 3 is 2.04 bits per heavy atom. The first-order valence-electron chi connectivity index (χ1n) is 7.42. The predicted octanol–water partition coefficient (Wildman–Crippen LogP) is 6.12. The molecule has 0 amide bonds. The van der Waals surface area contributed by atoms with Crippen molar-refractivity contribution in [3.63, 3.8) is 0 Å². The molecular formula is C20H15BrN2S. The first kappa shape index (κ1) is 16.6. The zero-order valence-corrected chi connectivity index (χ0v) is 15.3. The number of hydrogen-bond acceptors (Lipinski definition) is 3. The van der Waals surface area contributed by atoms with Gasteiger partial charge in [0.15, 0.2) is 0 Å². The largest absolute Gasteiger partial charge is 0.264 e. The Kier molecular flexibility index (Phi) is 5.18. The molecule has 0 radical (unpaired) electrons. The van der Waals surface area contributed by atoms with Crippen molar-refractivity contribution in [1.82, 2.24) is 9.97 Å². The van der Waals surface area contributed by atoms with Crippen molar-refractivity contribution < 1.29 is 0 Å². The third-order valence-electron chi connectivity index (χ3n) is 3.70. The number of rotatable bonds is 3. The van der Waals surface area contributed by atoms with Gasteiger partial charge in [0.1, 0.15) is 5.01 Å². The van der Waals surface area contributed by atoms with Crippen LogP contribution in [-0.4, -0.2) is 9.97 Å². The van der Waals surface area contributed by atoms with Crippen molar-refractivity contribution in [3.8, 4) is 33.0 Å². The first-order valence-corrected chi connectivity index (χ1v) is 8.30. The normalized spacial score (nSPS) is 10.2. The van der Waals surface area contributed by atoms with Crippen LogP contribution in [0.4, 0.5) is 0 Å². The van der Waals surface area contributed by atoms with Crippen molar-refractivity contribution in [2.75, 3.05) is 0 Å². The summed E-state index contributed by atoms with van der Waals surface area (Å²) in [6.45, 7) is 0. The van der Waals surface area contributed by atoms with E-state index in [1.807, 2.05) is 24.4 Å². The molecule has 118 valence electrons. The van der Waals surface area contributed by atoms with E-state index in [9.17, 15) is 0 Å². The van der Waals surface area contributed by atoms with Gasteiger partial charge in [0.2, 0.25) is 0 Å². The van der Waals surface area contributed by atoms with Crippen LogP contribution in [0.3, 0.4) is 0 Å². The van der Waals surface area contributed by atoms with Gasteiger partial charge in [0.05, 0.1) is 5.69 Å². The Balaban J connectivity index is 0.00000169. The molecule has 0 unspecified atom stereocenters. The maximum Gasteiger partial charge on any atom is 0.125 e. The van der Waals surface area contributed by atoms with Crippen LogP contribution < -0.4 is 0 Å². The number of aromatic nitrogens is 2. The Morgan fingerprint density at radius 2 is 1.33 bits per heavy atom. The number of thiazole rings is 1. The fourth-order valence-electron chi connectivity index (χ4n) is 2.49. The van der Waals surface area contributed by atoms with E-state index in [2.05, 4.69) is 58.9 Å². The quantitative estimate of drug-likeness (QED) is 0.418. The Morgan fingerprint density at radius 1 is 0.667 bits per heavy atom. The Hall–Kier alpha value is -2.30. The topological polar surface area (TPSA) is 25.8 Å². The molecule has 2 aromatic heterocycles. The lowest BCUT2D eigenvalue weighted by molar-refractivity contribution is 1.31. The van der Waals surface area contributed by atoms with Crippen LogP contribution in [-0.2, 0) is 0 Å². The maximum atomic E-state index is 4.73. The van der Waals surface area contributed by atoms with Crippen LogP contribution in [0.2, 0.25) is 0 Å². The lowest BCUT2D eigenvalue weighted by Crippen LogP contribution is -1.81. The molecule has 24 heavy (non-hydrogen) atoms. The zero-order valence-electron chi connectivity index (χ0n) is 12.8. The average Bonchev–Trinajstić information content (AvgIpc) is 3.14. The molecule has 4 aromatic rings.